The molecule has 1 saturated heterocycles. The lowest BCUT2D eigenvalue weighted by atomic mass is 9.76. The monoisotopic (exact) mass is 343 g/mol. The summed E-state index contributed by atoms with van der Waals surface area (Å²) in [5.41, 5.74) is 2.60. The van der Waals surface area contributed by atoms with E-state index in [4.69, 9.17) is 0 Å². The molecule has 1 aliphatic heterocycles. The topological polar surface area (TPSA) is 40.3 Å². The van der Waals surface area contributed by atoms with Gasteiger partial charge in [-0.3, -0.25) is 9.69 Å². The van der Waals surface area contributed by atoms with Gasteiger partial charge in [-0.05, 0) is 23.6 Å². The van der Waals surface area contributed by atoms with Crippen LogP contribution in [0.4, 0.5) is 0 Å². The standard InChI is InChI=1S/C23H21NO2/c1-17-21(22(25)26)24(17)23(18-11-5-2-6-12-18,19-13-7-3-8-14-19)20-15-9-4-10-16-20/h2-17,21H,1H3,(H,25,26)/t17-,21-,24?/m0/s1. The first-order chi connectivity index (χ1) is 12.7. The highest BCUT2D eigenvalue weighted by Gasteiger charge is 2.61. The summed E-state index contributed by atoms with van der Waals surface area (Å²) in [6.07, 6.45) is 0. The molecule has 3 atom stereocenters. The van der Waals surface area contributed by atoms with E-state index in [1.807, 2.05) is 61.5 Å². The van der Waals surface area contributed by atoms with Gasteiger partial charge in [-0.2, -0.15) is 0 Å². The molecule has 3 nitrogen and oxygen atoms in total. The molecule has 3 heteroatoms. The maximum atomic E-state index is 11.9. The number of carbonyl (C=O) groups is 1. The van der Waals surface area contributed by atoms with Crippen LogP contribution in [0.25, 0.3) is 0 Å². The maximum absolute atomic E-state index is 11.9. The third-order valence-corrected chi connectivity index (χ3v) is 5.32. The van der Waals surface area contributed by atoms with Crippen molar-refractivity contribution >= 4 is 5.97 Å². The molecule has 1 aliphatic rings. The van der Waals surface area contributed by atoms with Gasteiger partial charge in [0.25, 0.3) is 0 Å². The highest BCUT2D eigenvalue weighted by molar-refractivity contribution is 5.79. The molecule has 0 amide bonds. The minimum Gasteiger partial charge on any atom is -0.480 e. The Morgan fingerprint density at radius 3 is 1.38 bits per heavy atom. The second-order valence-electron chi connectivity index (χ2n) is 6.74. The zero-order valence-corrected chi connectivity index (χ0v) is 14.6. The zero-order chi connectivity index (χ0) is 18.1. The van der Waals surface area contributed by atoms with Gasteiger partial charge in [0, 0.05) is 6.04 Å². The number of nitrogens with zero attached hydrogens (tertiary/aromatic N) is 1. The van der Waals surface area contributed by atoms with Gasteiger partial charge < -0.3 is 5.11 Å². The number of hydrogen-bond acceptors (Lipinski definition) is 2. The molecule has 0 radical (unpaired) electrons. The Balaban J connectivity index is 2.04. The van der Waals surface area contributed by atoms with Crippen molar-refractivity contribution in [2.45, 2.75) is 24.5 Å². The van der Waals surface area contributed by atoms with Crippen molar-refractivity contribution in [1.82, 2.24) is 4.90 Å². The van der Waals surface area contributed by atoms with Crippen LogP contribution in [0.3, 0.4) is 0 Å². The molecule has 0 spiro atoms. The average Bonchev–Trinajstić information content (AvgIpc) is 3.37. The third kappa shape index (κ3) is 2.44. The molecule has 3 aromatic carbocycles. The Labute approximate surface area is 153 Å². The zero-order valence-electron chi connectivity index (χ0n) is 14.6. The summed E-state index contributed by atoms with van der Waals surface area (Å²) in [6, 6.07) is 30.0. The Kier molecular flexibility index (Phi) is 4.09. The highest BCUT2D eigenvalue weighted by atomic mass is 16.4. The second kappa shape index (κ2) is 6.43. The first-order valence-electron chi connectivity index (χ1n) is 8.85. The lowest BCUT2D eigenvalue weighted by Gasteiger charge is -2.38. The molecule has 0 aromatic heterocycles. The molecule has 4 rings (SSSR count). The summed E-state index contributed by atoms with van der Waals surface area (Å²) < 4.78 is 0. The summed E-state index contributed by atoms with van der Waals surface area (Å²) in [6.45, 7) is 1.99. The number of carboxylic acid groups (broad SMARTS) is 1. The van der Waals surface area contributed by atoms with Gasteiger partial charge in [0.15, 0.2) is 0 Å². The molecule has 0 bridgehead atoms. The van der Waals surface area contributed by atoms with Gasteiger partial charge in [0.2, 0.25) is 0 Å². The predicted molar refractivity (Wildman–Crippen MR) is 102 cm³/mol. The van der Waals surface area contributed by atoms with Crippen molar-refractivity contribution in [2.75, 3.05) is 0 Å². The van der Waals surface area contributed by atoms with E-state index in [2.05, 4.69) is 41.3 Å². The van der Waals surface area contributed by atoms with Crippen LogP contribution in [0.15, 0.2) is 91.0 Å². The molecule has 0 saturated carbocycles. The SMILES string of the molecule is C[C@H]1[C@@H](C(=O)O)N1C(c1ccccc1)(c1ccccc1)c1ccccc1. The van der Waals surface area contributed by atoms with E-state index < -0.39 is 17.6 Å². The third-order valence-electron chi connectivity index (χ3n) is 5.32. The van der Waals surface area contributed by atoms with E-state index in [0.717, 1.165) is 16.7 Å². The molecular weight excluding hydrogens is 322 g/mol. The maximum Gasteiger partial charge on any atom is 0.322 e. The summed E-state index contributed by atoms with van der Waals surface area (Å²) in [5, 5.41) is 9.76. The Hall–Kier alpha value is -2.91. The summed E-state index contributed by atoms with van der Waals surface area (Å²) >= 11 is 0. The first kappa shape index (κ1) is 16.6. The van der Waals surface area contributed by atoms with E-state index in [1.54, 1.807) is 0 Å². The fourth-order valence-corrected chi connectivity index (χ4v) is 4.17. The Morgan fingerprint density at radius 2 is 1.12 bits per heavy atom. The lowest BCUT2D eigenvalue weighted by Crippen LogP contribution is -2.40. The van der Waals surface area contributed by atoms with Gasteiger partial charge in [-0.25, -0.2) is 0 Å². The van der Waals surface area contributed by atoms with Gasteiger partial charge in [0.1, 0.15) is 6.04 Å². The smallest absolute Gasteiger partial charge is 0.322 e. The molecule has 1 unspecified atom stereocenters. The van der Waals surface area contributed by atoms with Crippen LogP contribution in [0.1, 0.15) is 23.6 Å². The molecule has 1 heterocycles. The van der Waals surface area contributed by atoms with Gasteiger partial charge in [-0.1, -0.05) is 91.0 Å². The number of carboxylic acids is 1. The Morgan fingerprint density at radius 1 is 0.769 bits per heavy atom. The lowest BCUT2D eigenvalue weighted by molar-refractivity contribution is -0.137. The molecule has 0 aliphatic carbocycles. The molecular formula is C23H21NO2. The second-order valence-corrected chi connectivity index (χ2v) is 6.74. The highest BCUT2D eigenvalue weighted by Crippen LogP contribution is 2.51. The van der Waals surface area contributed by atoms with Crippen LogP contribution in [0.5, 0.6) is 0 Å². The first-order valence-corrected chi connectivity index (χ1v) is 8.85. The van der Waals surface area contributed by atoms with Gasteiger partial charge in [-0.15, -0.1) is 0 Å². The van der Waals surface area contributed by atoms with Crippen molar-refractivity contribution < 1.29 is 9.90 Å². The van der Waals surface area contributed by atoms with Gasteiger partial charge >= 0.3 is 5.97 Å². The van der Waals surface area contributed by atoms with Crippen LogP contribution < -0.4 is 0 Å². The van der Waals surface area contributed by atoms with Crippen LogP contribution in [0.2, 0.25) is 0 Å². The number of rotatable bonds is 5. The largest absolute Gasteiger partial charge is 0.480 e. The van der Waals surface area contributed by atoms with Crippen molar-refractivity contribution in [3.63, 3.8) is 0 Å². The quantitative estimate of drug-likeness (QED) is 0.559. The number of benzene rings is 3. The number of hydrogen-bond donors (Lipinski definition) is 1. The van der Waals surface area contributed by atoms with E-state index in [9.17, 15) is 9.90 Å². The van der Waals surface area contributed by atoms with Crippen LogP contribution in [-0.2, 0) is 10.3 Å². The minimum absolute atomic E-state index is 0.0480. The fraction of sp³-hybridized carbons (Fsp3) is 0.174. The molecule has 1 fully saturated rings. The van der Waals surface area contributed by atoms with Crippen LogP contribution in [0, 0.1) is 0 Å². The van der Waals surface area contributed by atoms with Gasteiger partial charge in [0.05, 0.1) is 5.54 Å². The molecule has 1 N–H and O–H groups in total. The van der Waals surface area contributed by atoms with Crippen LogP contribution in [-0.4, -0.2) is 28.1 Å². The minimum atomic E-state index is -0.773. The number of aliphatic carboxylic acids is 1. The normalized spacial score (nSPS) is 22.0. The van der Waals surface area contributed by atoms with Crippen molar-refractivity contribution in [2.24, 2.45) is 0 Å². The molecule has 26 heavy (non-hydrogen) atoms. The predicted octanol–water partition coefficient (Wildman–Crippen LogP) is 4.14. The molecule has 130 valence electrons. The summed E-state index contributed by atoms with van der Waals surface area (Å²) in [5.74, 6) is -0.773. The van der Waals surface area contributed by atoms with Crippen molar-refractivity contribution in [3.05, 3.63) is 108 Å². The summed E-state index contributed by atoms with van der Waals surface area (Å²) in [7, 11) is 0. The van der Waals surface area contributed by atoms with E-state index in [0.29, 0.717) is 0 Å². The fourth-order valence-electron chi connectivity index (χ4n) is 4.17. The van der Waals surface area contributed by atoms with Crippen molar-refractivity contribution in [3.8, 4) is 0 Å². The average molecular weight is 343 g/mol. The van der Waals surface area contributed by atoms with E-state index in [1.165, 1.54) is 0 Å². The van der Waals surface area contributed by atoms with Crippen molar-refractivity contribution in [1.29, 1.82) is 0 Å². The van der Waals surface area contributed by atoms with Crippen LogP contribution >= 0.6 is 0 Å². The van der Waals surface area contributed by atoms with E-state index in [-0.39, 0.29) is 6.04 Å². The Bertz CT molecular complexity index is 797. The molecule has 3 aromatic rings. The van der Waals surface area contributed by atoms with E-state index >= 15 is 0 Å². The summed E-state index contributed by atoms with van der Waals surface area (Å²) in [4.78, 5) is 14.0.